The predicted molar refractivity (Wildman–Crippen MR) is 70.2 cm³/mol. The summed E-state index contributed by atoms with van der Waals surface area (Å²) in [6.45, 7) is 2.97. The minimum Gasteiger partial charge on any atom is -0.381 e. The third-order valence-corrected chi connectivity index (χ3v) is 3.61. The van der Waals surface area contributed by atoms with Crippen molar-refractivity contribution in [3.63, 3.8) is 0 Å². The van der Waals surface area contributed by atoms with Gasteiger partial charge in [0, 0.05) is 38.2 Å². The lowest BCUT2D eigenvalue weighted by Crippen LogP contribution is -2.46. The van der Waals surface area contributed by atoms with Crippen molar-refractivity contribution in [2.24, 2.45) is 0 Å². The van der Waals surface area contributed by atoms with Gasteiger partial charge >= 0.3 is 6.18 Å². The van der Waals surface area contributed by atoms with Crippen LogP contribution >= 0.6 is 0 Å². The minimum atomic E-state index is -4.40. The quantitative estimate of drug-likeness (QED) is 0.799. The second kappa shape index (κ2) is 6.15. The summed E-state index contributed by atoms with van der Waals surface area (Å²) in [5, 5.41) is 0. The van der Waals surface area contributed by atoms with Gasteiger partial charge < -0.3 is 9.47 Å². The van der Waals surface area contributed by atoms with E-state index in [0.29, 0.717) is 32.7 Å². The first-order valence-electron chi connectivity index (χ1n) is 6.83. The fourth-order valence-electron chi connectivity index (χ4n) is 2.49. The Bertz CT molecular complexity index is 482. The van der Waals surface area contributed by atoms with Crippen LogP contribution in [0.3, 0.4) is 0 Å². The largest absolute Gasteiger partial charge is 0.416 e. The van der Waals surface area contributed by atoms with Crippen LogP contribution in [0.15, 0.2) is 24.3 Å². The summed E-state index contributed by atoms with van der Waals surface area (Å²) in [6.07, 6.45) is -3.57. The Hall–Kier alpha value is -1.40. The van der Waals surface area contributed by atoms with Crippen LogP contribution in [0, 0.1) is 0 Å². The first kappa shape index (κ1) is 16.0. The Balaban J connectivity index is 2.25. The number of ketones is 1. The third-order valence-electron chi connectivity index (χ3n) is 3.61. The Morgan fingerprint density at radius 2 is 1.81 bits per heavy atom. The molecule has 6 heteroatoms. The molecule has 21 heavy (non-hydrogen) atoms. The van der Waals surface area contributed by atoms with Crippen LogP contribution in [0.25, 0.3) is 0 Å². The summed E-state index contributed by atoms with van der Waals surface area (Å²) in [5.41, 5.74) is -1.51. The maximum Gasteiger partial charge on any atom is 0.416 e. The summed E-state index contributed by atoms with van der Waals surface area (Å²) in [7, 11) is 0. The van der Waals surface area contributed by atoms with Crippen LogP contribution in [0.1, 0.15) is 35.7 Å². The van der Waals surface area contributed by atoms with Crippen LogP contribution in [-0.4, -0.2) is 31.2 Å². The highest BCUT2D eigenvalue weighted by molar-refractivity contribution is 6.02. The zero-order valence-electron chi connectivity index (χ0n) is 11.7. The second-order valence-electron chi connectivity index (χ2n) is 4.94. The molecule has 0 atom stereocenters. The molecule has 0 spiro atoms. The summed E-state index contributed by atoms with van der Waals surface area (Å²) in [4.78, 5) is 12.6. The summed E-state index contributed by atoms with van der Waals surface area (Å²) < 4.78 is 48.5. The van der Waals surface area contributed by atoms with E-state index in [1.165, 1.54) is 12.1 Å². The molecule has 3 nitrogen and oxygen atoms in total. The molecule has 0 aromatic heterocycles. The van der Waals surface area contributed by atoms with E-state index in [9.17, 15) is 18.0 Å². The molecule has 1 heterocycles. The number of carbonyl (C=O) groups excluding carboxylic acids is 1. The number of halogens is 3. The Morgan fingerprint density at radius 1 is 1.24 bits per heavy atom. The van der Waals surface area contributed by atoms with Gasteiger partial charge in [-0.15, -0.1) is 0 Å². The molecule has 116 valence electrons. The van der Waals surface area contributed by atoms with Crippen molar-refractivity contribution >= 4 is 5.78 Å². The summed E-state index contributed by atoms with van der Waals surface area (Å²) in [5.74, 6) is -0.277. The normalized spacial score (nSPS) is 18.5. The SMILES string of the molecule is CCOC1(C(=O)c2ccc(C(F)(F)F)cc2)CCOCC1. The van der Waals surface area contributed by atoms with Crippen LogP contribution in [0.2, 0.25) is 0 Å². The Labute approximate surface area is 121 Å². The first-order chi connectivity index (χ1) is 9.89. The summed E-state index contributed by atoms with van der Waals surface area (Å²) >= 11 is 0. The van der Waals surface area contributed by atoms with E-state index in [4.69, 9.17) is 9.47 Å². The van der Waals surface area contributed by atoms with Crippen molar-refractivity contribution in [1.29, 1.82) is 0 Å². The van der Waals surface area contributed by atoms with Gasteiger partial charge in [0.2, 0.25) is 0 Å². The maximum absolute atomic E-state index is 12.6. The average Bonchev–Trinajstić information content (AvgIpc) is 2.47. The van der Waals surface area contributed by atoms with E-state index >= 15 is 0 Å². The smallest absolute Gasteiger partial charge is 0.381 e. The van der Waals surface area contributed by atoms with E-state index in [1.807, 2.05) is 0 Å². The third kappa shape index (κ3) is 3.44. The molecule has 1 aliphatic heterocycles. The van der Waals surface area contributed by atoms with Gasteiger partial charge in [-0.25, -0.2) is 0 Å². The molecule has 0 radical (unpaired) electrons. The molecular formula is C15H17F3O3. The molecule has 1 aromatic carbocycles. The lowest BCUT2D eigenvalue weighted by Gasteiger charge is -2.35. The molecule has 0 unspecified atom stereocenters. The lowest BCUT2D eigenvalue weighted by molar-refractivity contribution is -0.137. The Morgan fingerprint density at radius 3 is 2.29 bits per heavy atom. The highest BCUT2D eigenvalue weighted by Crippen LogP contribution is 2.32. The van der Waals surface area contributed by atoms with Gasteiger partial charge in [0.25, 0.3) is 0 Å². The molecule has 0 aliphatic carbocycles. The number of benzene rings is 1. The Kier molecular flexibility index (Phi) is 4.68. The van der Waals surface area contributed by atoms with Crippen LogP contribution in [0.5, 0.6) is 0 Å². The highest BCUT2D eigenvalue weighted by atomic mass is 19.4. The number of ether oxygens (including phenoxy) is 2. The minimum absolute atomic E-state index is 0.235. The zero-order valence-corrected chi connectivity index (χ0v) is 11.7. The summed E-state index contributed by atoms with van der Waals surface area (Å²) in [6, 6.07) is 4.27. The molecule has 0 N–H and O–H groups in total. The number of hydrogen-bond acceptors (Lipinski definition) is 3. The predicted octanol–water partition coefficient (Wildman–Crippen LogP) is 3.47. The lowest BCUT2D eigenvalue weighted by atomic mass is 9.85. The van der Waals surface area contributed by atoms with E-state index in [2.05, 4.69) is 0 Å². The van der Waals surface area contributed by atoms with Gasteiger partial charge in [-0.1, -0.05) is 12.1 Å². The fourth-order valence-corrected chi connectivity index (χ4v) is 2.49. The molecule has 0 bridgehead atoms. The molecule has 2 rings (SSSR count). The average molecular weight is 302 g/mol. The molecule has 0 saturated carbocycles. The van der Waals surface area contributed by atoms with Crippen molar-refractivity contribution in [2.45, 2.75) is 31.5 Å². The van der Waals surface area contributed by atoms with Crippen molar-refractivity contribution in [2.75, 3.05) is 19.8 Å². The van der Waals surface area contributed by atoms with Gasteiger partial charge in [0.15, 0.2) is 5.78 Å². The number of alkyl halides is 3. The van der Waals surface area contributed by atoms with E-state index in [1.54, 1.807) is 6.92 Å². The molecular weight excluding hydrogens is 285 g/mol. The van der Waals surface area contributed by atoms with Crippen molar-refractivity contribution < 1.29 is 27.4 Å². The topological polar surface area (TPSA) is 35.5 Å². The van der Waals surface area contributed by atoms with Gasteiger partial charge in [-0.2, -0.15) is 13.2 Å². The van der Waals surface area contributed by atoms with Crippen molar-refractivity contribution in [3.05, 3.63) is 35.4 Å². The van der Waals surface area contributed by atoms with Gasteiger partial charge in [0.05, 0.1) is 5.56 Å². The first-order valence-corrected chi connectivity index (χ1v) is 6.83. The standard InChI is InChI=1S/C15H17F3O3/c1-2-21-14(7-9-20-10-8-14)13(19)11-3-5-12(6-4-11)15(16,17)18/h3-6H,2,7-10H2,1H3. The van der Waals surface area contributed by atoms with Crippen LogP contribution in [-0.2, 0) is 15.7 Å². The molecule has 1 fully saturated rings. The number of carbonyl (C=O) groups is 1. The van der Waals surface area contributed by atoms with Gasteiger partial charge in [-0.05, 0) is 19.1 Å². The van der Waals surface area contributed by atoms with Crippen molar-refractivity contribution in [1.82, 2.24) is 0 Å². The van der Waals surface area contributed by atoms with E-state index < -0.39 is 17.3 Å². The number of rotatable bonds is 4. The van der Waals surface area contributed by atoms with Crippen LogP contribution < -0.4 is 0 Å². The maximum atomic E-state index is 12.6. The fraction of sp³-hybridized carbons (Fsp3) is 0.533. The van der Waals surface area contributed by atoms with E-state index in [0.717, 1.165) is 12.1 Å². The number of Topliss-reactive ketones (excluding diaryl/α,β-unsaturated/α-hetero) is 1. The van der Waals surface area contributed by atoms with Gasteiger partial charge in [0.1, 0.15) is 5.60 Å². The zero-order chi connectivity index (χ0) is 15.5. The van der Waals surface area contributed by atoms with Crippen molar-refractivity contribution in [3.8, 4) is 0 Å². The van der Waals surface area contributed by atoms with Crippen LogP contribution in [0.4, 0.5) is 13.2 Å². The molecule has 1 saturated heterocycles. The monoisotopic (exact) mass is 302 g/mol. The second-order valence-corrected chi connectivity index (χ2v) is 4.94. The molecule has 1 aliphatic rings. The molecule has 1 aromatic rings. The highest BCUT2D eigenvalue weighted by Gasteiger charge is 2.41. The van der Waals surface area contributed by atoms with Gasteiger partial charge in [-0.3, -0.25) is 4.79 Å². The number of hydrogen-bond donors (Lipinski definition) is 0. The van der Waals surface area contributed by atoms with E-state index in [-0.39, 0.29) is 11.3 Å². The molecule has 0 amide bonds.